The molecular weight excluding hydrogens is 293 g/mol. The number of hydrogen-bond donors (Lipinski definition) is 2. The van der Waals surface area contributed by atoms with Crippen LogP contribution in [0.5, 0.6) is 0 Å². The molecule has 0 atom stereocenters. The van der Waals surface area contributed by atoms with Crippen molar-refractivity contribution < 1.29 is 5.11 Å². The quantitative estimate of drug-likeness (QED) is 0.873. The molecule has 0 radical (unpaired) electrons. The molecule has 0 aliphatic carbocycles. The molecule has 0 fully saturated rings. The van der Waals surface area contributed by atoms with Gasteiger partial charge in [0.1, 0.15) is 0 Å². The van der Waals surface area contributed by atoms with E-state index in [4.69, 9.17) is 28.3 Å². The first-order chi connectivity index (χ1) is 8.70. The topological polar surface area (TPSA) is 47.9 Å². The lowest BCUT2D eigenvalue weighted by Crippen LogP contribution is -2.41. The zero-order valence-electron chi connectivity index (χ0n) is 9.83. The largest absolute Gasteiger partial charge is 0.395 e. The van der Waals surface area contributed by atoms with Crippen molar-refractivity contribution >= 4 is 40.5 Å². The van der Waals surface area contributed by atoms with Crippen molar-refractivity contribution in [3.05, 3.63) is 20.3 Å². The number of halogens is 2. The van der Waals surface area contributed by atoms with Crippen molar-refractivity contribution in [3.8, 4) is 0 Å². The predicted molar refractivity (Wildman–Crippen MR) is 77.0 cm³/mol. The molecule has 0 unspecified atom stereocenters. The van der Waals surface area contributed by atoms with Gasteiger partial charge in [-0.15, -0.1) is 11.3 Å². The lowest BCUT2D eigenvalue weighted by Gasteiger charge is -2.23. The van der Waals surface area contributed by atoms with Crippen molar-refractivity contribution in [2.75, 3.05) is 32.8 Å². The van der Waals surface area contributed by atoms with Crippen LogP contribution >= 0.6 is 34.5 Å². The number of rotatable bonds is 5. The van der Waals surface area contributed by atoms with E-state index in [1.807, 2.05) is 11.0 Å². The van der Waals surface area contributed by atoms with Gasteiger partial charge < -0.3 is 15.3 Å². The second-order valence-electron chi connectivity index (χ2n) is 3.94. The van der Waals surface area contributed by atoms with Crippen LogP contribution in [-0.2, 0) is 6.42 Å². The average Bonchev–Trinajstić information content (AvgIpc) is 2.95. The van der Waals surface area contributed by atoms with Crippen LogP contribution in [0.25, 0.3) is 0 Å². The second kappa shape index (κ2) is 6.61. The molecule has 18 heavy (non-hydrogen) atoms. The van der Waals surface area contributed by atoms with Crippen molar-refractivity contribution in [2.24, 2.45) is 4.99 Å². The number of thiophene rings is 1. The molecule has 7 heteroatoms. The van der Waals surface area contributed by atoms with Gasteiger partial charge in [-0.05, 0) is 18.1 Å². The highest BCUT2D eigenvalue weighted by molar-refractivity contribution is 7.20. The number of aliphatic hydroxyl groups is 1. The predicted octanol–water partition coefficient (Wildman–Crippen LogP) is 1.85. The molecule has 2 heterocycles. The fourth-order valence-corrected chi connectivity index (χ4v) is 3.39. The molecule has 2 rings (SSSR count). The van der Waals surface area contributed by atoms with Gasteiger partial charge in [0.2, 0.25) is 0 Å². The third-order valence-corrected chi connectivity index (χ3v) is 4.27. The lowest BCUT2D eigenvalue weighted by molar-refractivity contribution is 0.248. The summed E-state index contributed by atoms with van der Waals surface area (Å²) in [6, 6.07) is 1.90. The molecule has 0 aromatic carbocycles. The van der Waals surface area contributed by atoms with Crippen LogP contribution in [0, 0.1) is 0 Å². The normalized spacial score (nSPS) is 14.5. The maximum absolute atomic E-state index is 9.08. The molecular formula is C11H15Cl2N3OS. The van der Waals surface area contributed by atoms with Gasteiger partial charge in [0.15, 0.2) is 5.96 Å². The Morgan fingerprint density at radius 3 is 2.83 bits per heavy atom. The number of hydrogen-bond acceptors (Lipinski definition) is 5. The number of aliphatic imine (C=N–C) groups is 1. The highest BCUT2D eigenvalue weighted by Crippen LogP contribution is 2.31. The minimum absolute atomic E-state index is 0.110. The summed E-state index contributed by atoms with van der Waals surface area (Å²) < 4.78 is 1.45. The third kappa shape index (κ3) is 3.51. The summed E-state index contributed by atoms with van der Waals surface area (Å²) in [6.45, 7) is 3.10. The van der Waals surface area contributed by atoms with Gasteiger partial charge in [-0.3, -0.25) is 4.99 Å². The summed E-state index contributed by atoms with van der Waals surface area (Å²) in [5.74, 6) is 0.862. The smallest absolute Gasteiger partial charge is 0.194 e. The first kappa shape index (κ1) is 13.9. The summed E-state index contributed by atoms with van der Waals surface area (Å²) in [6.07, 6.45) is 0.794. The second-order valence-corrected chi connectivity index (χ2v) is 6.23. The number of nitrogens with one attached hydrogen (secondary N) is 1. The highest BCUT2D eigenvalue weighted by atomic mass is 35.5. The third-order valence-electron chi connectivity index (χ3n) is 2.70. The number of nitrogens with zero attached hydrogens (tertiary/aromatic N) is 2. The molecule has 0 spiro atoms. The molecule has 1 aromatic rings. The van der Waals surface area contributed by atoms with Crippen molar-refractivity contribution in [1.29, 1.82) is 0 Å². The Hall–Kier alpha value is -0.490. The van der Waals surface area contributed by atoms with Gasteiger partial charge in [-0.25, -0.2) is 0 Å². The van der Waals surface area contributed by atoms with E-state index in [-0.39, 0.29) is 6.61 Å². The van der Waals surface area contributed by atoms with E-state index in [9.17, 15) is 0 Å². The Labute approximate surface area is 120 Å². The van der Waals surface area contributed by atoms with Crippen LogP contribution in [0.15, 0.2) is 11.1 Å². The molecule has 1 aromatic heterocycles. The van der Waals surface area contributed by atoms with Gasteiger partial charge in [0.25, 0.3) is 0 Å². The lowest BCUT2D eigenvalue weighted by atomic mass is 10.2. The summed E-state index contributed by atoms with van der Waals surface area (Å²) in [4.78, 5) is 6.40. The fourth-order valence-electron chi connectivity index (χ4n) is 1.84. The Bertz CT molecular complexity index is 436. The molecule has 2 N–H and O–H groups in total. The van der Waals surface area contributed by atoms with E-state index in [1.165, 1.54) is 11.3 Å². The Kier molecular flexibility index (Phi) is 5.12. The monoisotopic (exact) mass is 307 g/mol. The molecule has 4 nitrogen and oxygen atoms in total. The van der Waals surface area contributed by atoms with E-state index in [0.717, 1.165) is 41.9 Å². The van der Waals surface area contributed by atoms with Gasteiger partial charge in [0.05, 0.1) is 21.8 Å². The van der Waals surface area contributed by atoms with Gasteiger partial charge in [-0.1, -0.05) is 23.2 Å². The Morgan fingerprint density at radius 1 is 1.44 bits per heavy atom. The zero-order valence-corrected chi connectivity index (χ0v) is 12.2. The molecule has 100 valence electrons. The van der Waals surface area contributed by atoms with Crippen LogP contribution in [0.1, 0.15) is 5.56 Å². The van der Waals surface area contributed by atoms with Crippen molar-refractivity contribution in [2.45, 2.75) is 6.42 Å². The van der Waals surface area contributed by atoms with Crippen LogP contribution < -0.4 is 5.32 Å². The summed E-state index contributed by atoms with van der Waals surface area (Å²) in [5, 5.41) is 12.3. The maximum Gasteiger partial charge on any atom is 0.194 e. The van der Waals surface area contributed by atoms with Crippen molar-refractivity contribution in [1.82, 2.24) is 10.2 Å². The zero-order chi connectivity index (χ0) is 13.0. The molecule has 0 bridgehead atoms. The minimum Gasteiger partial charge on any atom is -0.395 e. The van der Waals surface area contributed by atoms with Crippen molar-refractivity contribution in [3.63, 3.8) is 0 Å². The number of aliphatic hydroxyl groups excluding tert-OH is 1. The SMILES string of the molecule is OCCN(CCc1cc(Cl)sc1Cl)C1=NCCN1. The van der Waals surface area contributed by atoms with E-state index >= 15 is 0 Å². The van der Waals surface area contributed by atoms with E-state index in [2.05, 4.69) is 10.3 Å². The molecule has 1 aliphatic rings. The Morgan fingerprint density at radius 2 is 2.28 bits per heavy atom. The molecule has 0 saturated carbocycles. The first-order valence-corrected chi connectivity index (χ1v) is 7.36. The Balaban J connectivity index is 1.95. The van der Waals surface area contributed by atoms with E-state index in [0.29, 0.717) is 10.9 Å². The van der Waals surface area contributed by atoms with Crippen LogP contribution in [0.2, 0.25) is 8.67 Å². The average molecular weight is 308 g/mol. The molecule has 0 amide bonds. The van der Waals surface area contributed by atoms with E-state index in [1.54, 1.807) is 0 Å². The summed E-state index contributed by atoms with van der Waals surface area (Å²) >= 11 is 13.4. The highest BCUT2D eigenvalue weighted by Gasteiger charge is 2.15. The van der Waals surface area contributed by atoms with Crippen LogP contribution in [0.4, 0.5) is 0 Å². The fraction of sp³-hybridized carbons (Fsp3) is 0.545. The van der Waals surface area contributed by atoms with Gasteiger partial charge >= 0.3 is 0 Å². The first-order valence-electron chi connectivity index (χ1n) is 5.78. The van der Waals surface area contributed by atoms with Crippen LogP contribution in [-0.4, -0.2) is 48.8 Å². The van der Waals surface area contributed by atoms with Gasteiger partial charge in [0, 0.05) is 19.6 Å². The van der Waals surface area contributed by atoms with E-state index < -0.39 is 0 Å². The summed E-state index contributed by atoms with van der Waals surface area (Å²) in [7, 11) is 0. The molecule has 1 aliphatic heterocycles. The van der Waals surface area contributed by atoms with Crippen LogP contribution in [0.3, 0.4) is 0 Å². The number of guanidine groups is 1. The summed E-state index contributed by atoms with van der Waals surface area (Å²) in [5.41, 5.74) is 1.05. The standard InChI is InChI=1S/C11H15Cl2N3OS/c12-9-7-8(10(13)18-9)1-4-16(5-6-17)11-14-2-3-15-11/h7,17H,1-6H2,(H,14,15). The molecule has 0 saturated heterocycles. The van der Waals surface area contributed by atoms with Gasteiger partial charge in [-0.2, -0.15) is 0 Å². The minimum atomic E-state index is 0.110. The maximum atomic E-state index is 9.08.